The summed E-state index contributed by atoms with van der Waals surface area (Å²) in [6.07, 6.45) is 4.95. The lowest BCUT2D eigenvalue weighted by Crippen LogP contribution is -2.35. The van der Waals surface area contributed by atoms with Gasteiger partial charge in [-0.2, -0.15) is 5.10 Å². The van der Waals surface area contributed by atoms with Crippen LogP contribution in [0.3, 0.4) is 0 Å². The molecule has 0 atom stereocenters. The number of benzene rings is 1. The first-order valence-corrected chi connectivity index (χ1v) is 9.63. The smallest absolute Gasteiger partial charge is 0.339 e. The van der Waals surface area contributed by atoms with Crippen molar-refractivity contribution in [2.45, 2.75) is 19.3 Å². The Hall–Kier alpha value is -3.68. The highest BCUT2D eigenvalue weighted by Gasteiger charge is 2.22. The van der Waals surface area contributed by atoms with Crippen molar-refractivity contribution in [3.63, 3.8) is 0 Å². The number of fused-ring (bicyclic) bond motifs is 1. The second kappa shape index (κ2) is 7.05. The van der Waals surface area contributed by atoms with E-state index in [0.717, 1.165) is 48.3 Å². The number of H-pyrrole nitrogens is 1. The molecule has 0 spiro atoms. The molecule has 0 unspecified atom stereocenters. The molecule has 0 saturated carbocycles. The van der Waals surface area contributed by atoms with Gasteiger partial charge in [0, 0.05) is 24.2 Å². The monoisotopic (exact) mass is 389 g/mol. The Bertz CT molecular complexity index is 1230. The molecule has 1 aromatic carbocycles. The molecule has 4 heterocycles. The van der Waals surface area contributed by atoms with Gasteiger partial charge in [-0.25, -0.2) is 9.31 Å². The molecule has 8 nitrogen and oxygen atoms in total. The zero-order valence-corrected chi connectivity index (χ0v) is 15.7. The number of hydrogen-bond donors (Lipinski definition) is 1. The van der Waals surface area contributed by atoms with Crippen LogP contribution >= 0.6 is 0 Å². The minimum atomic E-state index is -0.587. The summed E-state index contributed by atoms with van der Waals surface area (Å²) in [5, 5.41) is 8.19. The molecule has 1 N–H and O–H groups in total. The maximum absolute atomic E-state index is 13.0. The topological polar surface area (TPSA) is 96.5 Å². The second-order valence-corrected chi connectivity index (χ2v) is 7.14. The van der Waals surface area contributed by atoms with Crippen molar-refractivity contribution in [1.82, 2.24) is 24.7 Å². The summed E-state index contributed by atoms with van der Waals surface area (Å²) in [4.78, 5) is 28.5. The van der Waals surface area contributed by atoms with Crippen LogP contribution in [0.25, 0.3) is 28.2 Å². The summed E-state index contributed by atoms with van der Waals surface area (Å²) in [5.41, 5.74) is 3.98. The number of nitrogens with one attached hydrogen (secondary N) is 1. The van der Waals surface area contributed by atoms with Gasteiger partial charge >= 0.3 is 5.76 Å². The third-order valence-corrected chi connectivity index (χ3v) is 5.31. The molecule has 1 amide bonds. The first-order valence-electron chi connectivity index (χ1n) is 9.63. The number of hydrogen-bond acceptors (Lipinski definition) is 5. The predicted molar refractivity (Wildman–Crippen MR) is 107 cm³/mol. The summed E-state index contributed by atoms with van der Waals surface area (Å²) in [7, 11) is 0. The van der Waals surface area contributed by atoms with Crippen LogP contribution in [0.15, 0.2) is 58.0 Å². The maximum atomic E-state index is 13.0. The van der Waals surface area contributed by atoms with Gasteiger partial charge in [-0.05, 0) is 31.4 Å². The summed E-state index contributed by atoms with van der Waals surface area (Å²) >= 11 is 0. The predicted octanol–water partition coefficient (Wildman–Crippen LogP) is 2.97. The number of carbonyl (C=O) groups is 1. The van der Waals surface area contributed by atoms with Crippen LogP contribution in [0.2, 0.25) is 0 Å². The van der Waals surface area contributed by atoms with Crippen LogP contribution in [0.1, 0.15) is 29.6 Å². The third kappa shape index (κ3) is 3.12. The molecule has 1 fully saturated rings. The number of nitrogens with zero attached hydrogens (tertiary/aromatic N) is 4. The van der Waals surface area contributed by atoms with E-state index in [1.807, 2.05) is 47.4 Å². The van der Waals surface area contributed by atoms with E-state index in [-0.39, 0.29) is 5.91 Å². The number of likely N-dealkylation sites (tertiary alicyclic amines) is 1. The fourth-order valence-corrected chi connectivity index (χ4v) is 3.82. The zero-order valence-electron chi connectivity index (χ0n) is 15.7. The molecule has 0 aliphatic carbocycles. The van der Waals surface area contributed by atoms with E-state index in [1.165, 1.54) is 6.42 Å². The summed E-state index contributed by atoms with van der Waals surface area (Å²) in [6.45, 7) is 1.61. The van der Waals surface area contributed by atoms with Gasteiger partial charge in [-0.1, -0.05) is 35.5 Å². The van der Waals surface area contributed by atoms with E-state index in [1.54, 1.807) is 10.7 Å². The Morgan fingerprint density at radius 1 is 1.00 bits per heavy atom. The molecule has 1 aliphatic heterocycles. The fourth-order valence-electron chi connectivity index (χ4n) is 3.82. The SMILES string of the molecule is O=C(c1cnn2c(-c3ccc(-c4noc(=O)[nH]4)cc3)cccc12)N1CCCCC1. The van der Waals surface area contributed by atoms with Gasteiger partial charge in [0.2, 0.25) is 0 Å². The van der Waals surface area contributed by atoms with Gasteiger partial charge in [0.15, 0.2) is 5.82 Å². The van der Waals surface area contributed by atoms with Crippen molar-refractivity contribution in [2.24, 2.45) is 0 Å². The summed E-state index contributed by atoms with van der Waals surface area (Å²) in [5.74, 6) is -0.160. The molecule has 146 valence electrons. The van der Waals surface area contributed by atoms with Crippen molar-refractivity contribution in [2.75, 3.05) is 13.1 Å². The lowest BCUT2D eigenvalue weighted by atomic mass is 10.1. The molecule has 4 aromatic rings. The van der Waals surface area contributed by atoms with E-state index in [2.05, 4.69) is 19.8 Å². The normalized spacial score (nSPS) is 14.4. The molecule has 8 heteroatoms. The summed E-state index contributed by atoms with van der Waals surface area (Å²) < 4.78 is 6.35. The standard InChI is InChI=1S/C21H19N5O3/c27-20(25-11-2-1-3-12-25)16-13-22-26-17(5-4-6-18(16)26)14-7-9-15(10-8-14)19-23-21(28)29-24-19/h4-10,13H,1-3,11-12H2,(H,23,24,28). The Balaban J connectivity index is 1.50. The highest BCUT2D eigenvalue weighted by Crippen LogP contribution is 2.25. The first-order chi connectivity index (χ1) is 14.2. The van der Waals surface area contributed by atoms with Crippen LogP contribution in [0, 0.1) is 0 Å². The molecular weight excluding hydrogens is 370 g/mol. The van der Waals surface area contributed by atoms with E-state index < -0.39 is 5.76 Å². The van der Waals surface area contributed by atoms with Crippen molar-refractivity contribution in [3.05, 3.63) is 64.8 Å². The fraction of sp³-hybridized carbons (Fsp3) is 0.238. The average Bonchev–Trinajstić information content (AvgIpc) is 3.40. The Kier molecular flexibility index (Phi) is 4.23. The maximum Gasteiger partial charge on any atom is 0.439 e. The third-order valence-electron chi connectivity index (χ3n) is 5.31. The van der Waals surface area contributed by atoms with Gasteiger partial charge in [0.05, 0.1) is 23.0 Å². The largest absolute Gasteiger partial charge is 0.439 e. The highest BCUT2D eigenvalue weighted by molar-refractivity contribution is 6.01. The number of piperidine rings is 1. The molecule has 1 aliphatic rings. The minimum absolute atomic E-state index is 0.0437. The quantitative estimate of drug-likeness (QED) is 0.581. The molecule has 3 aromatic heterocycles. The Morgan fingerprint density at radius 3 is 2.48 bits per heavy atom. The summed E-state index contributed by atoms with van der Waals surface area (Å²) in [6, 6.07) is 13.4. The van der Waals surface area contributed by atoms with Gasteiger partial charge in [-0.15, -0.1) is 0 Å². The minimum Gasteiger partial charge on any atom is -0.339 e. The van der Waals surface area contributed by atoms with Crippen LogP contribution < -0.4 is 5.76 Å². The van der Waals surface area contributed by atoms with Gasteiger partial charge in [0.25, 0.3) is 5.91 Å². The second-order valence-electron chi connectivity index (χ2n) is 7.14. The Labute approximate surface area is 165 Å². The van der Waals surface area contributed by atoms with E-state index in [9.17, 15) is 9.59 Å². The van der Waals surface area contributed by atoms with Gasteiger partial charge in [0.1, 0.15) is 0 Å². The number of aromatic nitrogens is 4. The lowest BCUT2D eigenvalue weighted by Gasteiger charge is -2.26. The van der Waals surface area contributed by atoms with Crippen molar-refractivity contribution < 1.29 is 9.32 Å². The zero-order chi connectivity index (χ0) is 19.8. The Morgan fingerprint density at radius 2 is 1.76 bits per heavy atom. The number of pyridine rings is 1. The molecule has 29 heavy (non-hydrogen) atoms. The van der Waals surface area contributed by atoms with Crippen LogP contribution in [0.5, 0.6) is 0 Å². The van der Waals surface area contributed by atoms with Crippen LogP contribution in [-0.4, -0.2) is 43.7 Å². The van der Waals surface area contributed by atoms with Crippen molar-refractivity contribution >= 4 is 11.4 Å². The highest BCUT2D eigenvalue weighted by atomic mass is 16.5. The molecular formula is C21H19N5O3. The molecule has 5 rings (SSSR count). The molecule has 1 saturated heterocycles. The van der Waals surface area contributed by atoms with Crippen molar-refractivity contribution in [3.8, 4) is 22.6 Å². The number of aromatic amines is 1. The number of carbonyl (C=O) groups excluding carboxylic acids is 1. The number of rotatable bonds is 3. The van der Waals surface area contributed by atoms with Crippen LogP contribution in [-0.2, 0) is 0 Å². The molecule has 0 radical (unpaired) electrons. The molecule has 0 bridgehead atoms. The van der Waals surface area contributed by atoms with Gasteiger partial charge < -0.3 is 4.90 Å². The van der Waals surface area contributed by atoms with Gasteiger partial charge in [-0.3, -0.25) is 14.3 Å². The van der Waals surface area contributed by atoms with E-state index in [0.29, 0.717) is 11.4 Å². The average molecular weight is 389 g/mol. The van der Waals surface area contributed by atoms with E-state index >= 15 is 0 Å². The number of amides is 1. The lowest BCUT2D eigenvalue weighted by molar-refractivity contribution is 0.0726. The van der Waals surface area contributed by atoms with Crippen molar-refractivity contribution in [1.29, 1.82) is 0 Å². The van der Waals surface area contributed by atoms with Crippen LogP contribution in [0.4, 0.5) is 0 Å². The van der Waals surface area contributed by atoms with E-state index in [4.69, 9.17) is 0 Å². The first kappa shape index (κ1) is 17.4.